The number of carboxylic acid groups (broad SMARTS) is 1. The van der Waals surface area contributed by atoms with Crippen molar-refractivity contribution >= 4 is 5.97 Å². The Morgan fingerprint density at radius 3 is 2.44 bits per heavy atom. The number of hydrogen-bond acceptors (Lipinski definition) is 2. The van der Waals surface area contributed by atoms with Crippen molar-refractivity contribution in [2.45, 2.75) is 38.0 Å². The Kier molecular flexibility index (Phi) is 3.54. The summed E-state index contributed by atoms with van der Waals surface area (Å²) >= 11 is 0. The molecule has 0 radical (unpaired) electrons. The molecule has 2 rings (SSSR count). The standard InChI is InChI=1S/C13H17NO2/c15-13(16)12(10-4-2-1-3-5-10)11-6-8-14-9-7-11/h6-10,12H,1-5H2,(H,15,16)/t12-/m0/s1. The summed E-state index contributed by atoms with van der Waals surface area (Å²) in [6.07, 6.45) is 9.01. The van der Waals surface area contributed by atoms with Gasteiger partial charge < -0.3 is 5.11 Å². The van der Waals surface area contributed by atoms with E-state index in [-0.39, 0.29) is 5.92 Å². The van der Waals surface area contributed by atoms with Crippen LogP contribution in [-0.2, 0) is 4.79 Å². The number of hydrogen-bond donors (Lipinski definition) is 1. The summed E-state index contributed by atoms with van der Waals surface area (Å²) in [5.41, 5.74) is 0.898. The van der Waals surface area contributed by atoms with Crippen molar-refractivity contribution in [1.82, 2.24) is 4.98 Å². The largest absolute Gasteiger partial charge is 0.481 e. The lowest BCUT2D eigenvalue weighted by molar-refractivity contribution is -0.140. The molecule has 0 aromatic carbocycles. The van der Waals surface area contributed by atoms with E-state index >= 15 is 0 Å². The zero-order chi connectivity index (χ0) is 11.4. The molecule has 16 heavy (non-hydrogen) atoms. The van der Waals surface area contributed by atoms with Gasteiger partial charge >= 0.3 is 5.97 Å². The number of carbonyl (C=O) groups is 1. The fraction of sp³-hybridized carbons (Fsp3) is 0.538. The van der Waals surface area contributed by atoms with Gasteiger partial charge in [-0.3, -0.25) is 9.78 Å². The molecule has 0 amide bonds. The van der Waals surface area contributed by atoms with Crippen LogP contribution in [0.4, 0.5) is 0 Å². The van der Waals surface area contributed by atoms with Crippen molar-refractivity contribution in [3.05, 3.63) is 30.1 Å². The highest BCUT2D eigenvalue weighted by atomic mass is 16.4. The minimum Gasteiger partial charge on any atom is -0.481 e. The summed E-state index contributed by atoms with van der Waals surface area (Å²) in [7, 11) is 0. The number of carboxylic acids is 1. The molecule has 1 fully saturated rings. The third kappa shape index (κ3) is 2.40. The molecule has 0 bridgehead atoms. The van der Waals surface area contributed by atoms with Crippen LogP contribution in [0.3, 0.4) is 0 Å². The van der Waals surface area contributed by atoms with Gasteiger partial charge in [0.1, 0.15) is 0 Å². The Bertz CT molecular complexity index is 344. The van der Waals surface area contributed by atoms with E-state index in [1.54, 1.807) is 12.4 Å². The summed E-state index contributed by atoms with van der Waals surface area (Å²) in [4.78, 5) is 15.3. The van der Waals surface area contributed by atoms with E-state index in [4.69, 9.17) is 0 Å². The molecule has 1 aliphatic carbocycles. The van der Waals surface area contributed by atoms with Gasteiger partial charge in [-0.15, -0.1) is 0 Å². The second-order valence-electron chi connectivity index (χ2n) is 4.49. The first-order chi connectivity index (χ1) is 7.79. The minimum absolute atomic E-state index is 0.300. The monoisotopic (exact) mass is 219 g/mol. The highest BCUT2D eigenvalue weighted by molar-refractivity contribution is 5.76. The Labute approximate surface area is 95.5 Å². The number of rotatable bonds is 3. The van der Waals surface area contributed by atoms with E-state index in [0.29, 0.717) is 5.92 Å². The van der Waals surface area contributed by atoms with Crippen LogP contribution in [0.1, 0.15) is 43.6 Å². The molecule has 3 heteroatoms. The van der Waals surface area contributed by atoms with Crippen LogP contribution in [0, 0.1) is 5.92 Å². The predicted octanol–water partition coefficient (Wildman–Crippen LogP) is 2.83. The van der Waals surface area contributed by atoms with Crippen LogP contribution in [-0.4, -0.2) is 16.1 Å². The molecule has 86 valence electrons. The Hall–Kier alpha value is -1.38. The summed E-state index contributed by atoms with van der Waals surface area (Å²) in [6, 6.07) is 3.65. The van der Waals surface area contributed by atoms with Crippen LogP contribution >= 0.6 is 0 Å². The Balaban J connectivity index is 2.20. The molecule has 1 saturated carbocycles. The van der Waals surface area contributed by atoms with Crippen LogP contribution < -0.4 is 0 Å². The van der Waals surface area contributed by atoms with Crippen molar-refractivity contribution in [2.24, 2.45) is 5.92 Å². The molecule has 0 unspecified atom stereocenters. The second kappa shape index (κ2) is 5.10. The van der Waals surface area contributed by atoms with Crippen LogP contribution in [0.5, 0.6) is 0 Å². The first-order valence-corrected chi connectivity index (χ1v) is 5.92. The third-order valence-corrected chi connectivity index (χ3v) is 3.45. The van der Waals surface area contributed by atoms with E-state index in [0.717, 1.165) is 18.4 Å². The quantitative estimate of drug-likeness (QED) is 0.850. The molecule has 1 heterocycles. The maximum absolute atomic E-state index is 11.4. The topological polar surface area (TPSA) is 50.2 Å². The SMILES string of the molecule is O=C(O)[C@H](c1ccncc1)C1CCCCC1. The molecular formula is C13H17NO2. The molecule has 0 aliphatic heterocycles. The van der Waals surface area contributed by atoms with E-state index in [2.05, 4.69) is 4.98 Å². The molecule has 0 spiro atoms. The van der Waals surface area contributed by atoms with E-state index in [1.807, 2.05) is 12.1 Å². The number of aromatic nitrogens is 1. The average molecular weight is 219 g/mol. The number of nitrogens with zero attached hydrogens (tertiary/aromatic N) is 1. The average Bonchev–Trinajstić information content (AvgIpc) is 2.31. The maximum Gasteiger partial charge on any atom is 0.311 e. The first-order valence-electron chi connectivity index (χ1n) is 5.92. The molecule has 1 aliphatic rings. The summed E-state index contributed by atoms with van der Waals surface area (Å²) in [5.74, 6) is -0.741. The van der Waals surface area contributed by atoms with Gasteiger partial charge in [0.05, 0.1) is 5.92 Å². The summed E-state index contributed by atoms with van der Waals surface area (Å²) in [5, 5.41) is 9.36. The van der Waals surface area contributed by atoms with Gasteiger partial charge in [0, 0.05) is 12.4 Å². The van der Waals surface area contributed by atoms with Crippen LogP contribution in [0.25, 0.3) is 0 Å². The van der Waals surface area contributed by atoms with Crippen molar-refractivity contribution in [3.8, 4) is 0 Å². The van der Waals surface area contributed by atoms with E-state index < -0.39 is 5.97 Å². The van der Waals surface area contributed by atoms with E-state index in [9.17, 15) is 9.90 Å². The molecule has 1 atom stereocenters. The van der Waals surface area contributed by atoms with E-state index in [1.165, 1.54) is 19.3 Å². The lowest BCUT2D eigenvalue weighted by atomic mass is 9.77. The second-order valence-corrected chi connectivity index (χ2v) is 4.49. The Morgan fingerprint density at radius 2 is 1.88 bits per heavy atom. The van der Waals surface area contributed by atoms with Gasteiger partial charge in [0.25, 0.3) is 0 Å². The lowest BCUT2D eigenvalue weighted by Crippen LogP contribution is -2.23. The van der Waals surface area contributed by atoms with Gasteiger partial charge in [-0.25, -0.2) is 0 Å². The van der Waals surface area contributed by atoms with Gasteiger partial charge in [-0.1, -0.05) is 19.3 Å². The third-order valence-electron chi connectivity index (χ3n) is 3.45. The highest BCUT2D eigenvalue weighted by Gasteiger charge is 2.30. The minimum atomic E-state index is -0.696. The highest BCUT2D eigenvalue weighted by Crippen LogP contribution is 2.35. The van der Waals surface area contributed by atoms with Gasteiger partial charge in [0.15, 0.2) is 0 Å². The number of pyridine rings is 1. The normalized spacial score (nSPS) is 19.2. The summed E-state index contributed by atoms with van der Waals surface area (Å²) < 4.78 is 0. The maximum atomic E-state index is 11.4. The van der Waals surface area contributed by atoms with Crippen LogP contribution in [0.15, 0.2) is 24.5 Å². The van der Waals surface area contributed by atoms with Crippen molar-refractivity contribution in [1.29, 1.82) is 0 Å². The molecule has 0 saturated heterocycles. The van der Waals surface area contributed by atoms with Gasteiger partial charge in [-0.05, 0) is 36.5 Å². The van der Waals surface area contributed by atoms with Gasteiger partial charge in [0.2, 0.25) is 0 Å². The van der Waals surface area contributed by atoms with Crippen LogP contribution in [0.2, 0.25) is 0 Å². The van der Waals surface area contributed by atoms with Crippen molar-refractivity contribution in [3.63, 3.8) is 0 Å². The first kappa shape index (κ1) is 11.1. The fourth-order valence-corrected chi connectivity index (χ4v) is 2.65. The van der Waals surface area contributed by atoms with Gasteiger partial charge in [-0.2, -0.15) is 0 Å². The zero-order valence-electron chi connectivity index (χ0n) is 9.30. The number of aliphatic carboxylic acids is 1. The van der Waals surface area contributed by atoms with Crippen molar-refractivity contribution in [2.75, 3.05) is 0 Å². The molecule has 1 aromatic heterocycles. The molecule has 3 nitrogen and oxygen atoms in total. The Morgan fingerprint density at radius 1 is 1.25 bits per heavy atom. The summed E-state index contributed by atoms with van der Waals surface area (Å²) in [6.45, 7) is 0. The lowest BCUT2D eigenvalue weighted by Gasteiger charge is -2.27. The molecular weight excluding hydrogens is 202 g/mol. The fourth-order valence-electron chi connectivity index (χ4n) is 2.65. The smallest absolute Gasteiger partial charge is 0.311 e. The predicted molar refractivity (Wildman–Crippen MR) is 61.2 cm³/mol. The van der Waals surface area contributed by atoms with Crippen molar-refractivity contribution < 1.29 is 9.90 Å². The molecule has 1 aromatic rings. The molecule has 1 N–H and O–H groups in total. The zero-order valence-corrected chi connectivity index (χ0v) is 9.30.